The van der Waals surface area contributed by atoms with Crippen LogP contribution in [0.4, 0.5) is 0 Å². The number of nitrogens with zero attached hydrogens (tertiary/aromatic N) is 1. The standard InChI is InChI=1S/C11H19NO2S/c1-10-3-4-11(15-10)9-12(6-8-14)5-2-7-13/h3-4,13-14H,2,5-9H2,1H3. The summed E-state index contributed by atoms with van der Waals surface area (Å²) < 4.78 is 0. The smallest absolute Gasteiger partial charge is 0.0558 e. The van der Waals surface area contributed by atoms with Gasteiger partial charge in [-0.05, 0) is 25.5 Å². The zero-order valence-corrected chi connectivity index (χ0v) is 9.96. The van der Waals surface area contributed by atoms with Crippen molar-refractivity contribution in [2.75, 3.05) is 26.3 Å². The quantitative estimate of drug-likeness (QED) is 0.739. The van der Waals surface area contributed by atoms with Crippen LogP contribution in [0.1, 0.15) is 16.2 Å². The highest BCUT2D eigenvalue weighted by Gasteiger charge is 2.06. The van der Waals surface area contributed by atoms with Crippen LogP contribution in [0.25, 0.3) is 0 Å². The van der Waals surface area contributed by atoms with Gasteiger partial charge in [-0.2, -0.15) is 0 Å². The summed E-state index contributed by atoms with van der Waals surface area (Å²) >= 11 is 1.79. The first-order chi connectivity index (χ1) is 7.26. The highest BCUT2D eigenvalue weighted by atomic mass is 32.1. The first kappa shape index (κ1) is 12.6. The van der Waals surface area contributed by atoms with E-state index >= 15 is 0 Å². The van der Waals surface area contributed by atoms with Gasteiger partial charge >= 0.3 is 0 Å². The number of thiophene rings is 1. The van der Waals surface area contributed by atoms with E-state index in [2.05, 4.69) is 24.0 Å². The van der Waals surface area contributed by atoms with Crippen LogP contribution in [0.3, 0.4) is 0 Å². The second kappa shape index (κ2) is 6.95. The molecule has 0 amide bonds. The Hall–Kier alpha value is -0.420. The summed E-state index contributed by atoms with van der Waals surface area (Å²) in [4.78, 5) is 4.80. The van der Waals surface area contributed by atoms with Crippen LogP contribution in [0.2, 0.25) is 0 Å². The van der Waals surface area contributed by atoms with Crippen LogP contribution >= 0.6 is 11.3 Å². The molecule has 0 aliphatic heterocycles. The first-order valence-electron chi connectivity index (χ1n) is 5.25. The third-order valence-corrected chi connectivity index (χ3v) is 3.21. The van der Waals surface area contributed by atoms with E-state index in [1.807, 2.05) is 0 Å². The molecule has 0 aromatic carbocycles. The number of aliphatic hydroxyl groups is 2. The molecule has 0 spiro atoms. The highest BCUT2D eigenvalue weighted by molar-refractivity contribution is 7.11. The average Bonchev–Trinajstić information content (AvgIpc) is 2.61. The van der Waals surface area contributed by atoms with Crippen molar-refractivity contribution in [2.45, 2.75) is 19.9 Å². The van der Waals surface area contributed by atoms with Gasteiger partial charge in [0.15, 0.2) is 0 Å². The molecular weight excluding hydrogens is 210 g/mol. The summed E-state index contributed by atoms with van der Waals surface area (Å²) in [5.41, 5.74) is 0. The molecule has 1 aromatic heterocycles. The van der Waals surface area contributed by atoms with Crippen molar-refractivity contribution >= 4 is 11.3 Å². The molecule has 2 N–H and O–H groups in total. The molecule has 0 saturated heterocycles. The predicted octanol–water partition coefficient (Wildman–Crippen LogP) is 1.23. The van der Waals surface area contributed by atoms with Crippen LogP contribution in [0, 0.1) is 6.92 Å². The highest BCUT2D eigenvalue weighted by Crippen LogP contribution is 2.17. The van der Waals surface area contributed by atoms with Crippen molar-refractivity contribution in [2.24, 2.45) is 0 Å². The zero-order valence-electron chi connectivity index (χ0n) is 9.15. The van der Waals surface area contributed by atoms with Crippen LogP contribution in [0.5, 0.6) is 0 Å². The predicted molar refractivity (Wildman–Crippen MR) is 63.1 cm³/mol. The van der Waals surface area contributed by atoms with Gasteiger partial charge < -0.3 is 10.2 Å². The van der Waals surface area contributed by atoms with Gasteiger partial charge in [0.2, 0.25) is 0 Å². The average molecular weight is 229 g/mol. The molecule has 0 aliphatic carbocycles. The van der Waals surface area contributed by atoms with Crippen molar-refractivity contribution in [1.82, 2.24) is 4.90 Å². The molecule has 1 rings (SSSR count). The van der Waals surface area contributed by atoms with Crippen LogP contribution < -0.4 is 0 Å². The number of rotatable bonds is 7. The van der Waals surface area contributed by atoms with E-state index in [9.17, 15) is 0 Å². The molecule has 1 heterocycles. The zero-order chi connectivity index (χ0) is 11.1. The molecule has 0 atom stereocenters. The summed E-state index contributed by atoms with van der Waals surface area (Å²) in [7, 11) is 0. The Labute approximate surface area is 95.0 Å². The van der Waals surface area contributed by atoms with Gasteiger partial charge in [0.25, 0.3) is 0 Å². The molecule has 0 saturated carbocycles. The van der Waals surface area contributed by atoms with Gasteiger partial charge in [-0.15, -0.1) is 11.3 Å². The number of hydrogen-bond acceptors (Lipinski definition) is 4. The van der Waals surface area contributed by atoms with Crippen LogP contribution in [-0.4, -0.2) is 41.4 Å². The van der Waals surface area contributed by atoms with Crippen molar-refractivity contribution in [1.29, 1.82) is 0 Å². The molecule has 0 radical (unpaired) electrons. The Kier molecular flexibility index (Phi) is 5.86. The lowest BCUT2D eigenvalue weighted by Crippen LogP contribution is -2.27. The minimum Gasteiger partial charge on any atom is -0.396 e. The summed E-state index contributed by atoms with van der Waals surface area (Å²) in [5.74, 6) is 0. The SMILES string of the molecule is Cc1ccc(CN(CCO)CCCO)s1. The molecule has 0 bridgehead atoms. The molecule has 0 fully saturated rings. The van der Waals surface area contributed by atoms with E-state index in [1.54, 1.807) is 11.3 Å². The summed E-state index contributed by atoms with van der Waals surface area (Å²) in [5, 5.41) is 17.7. The molecule has 86 valence electrons. The van der Waals surface area contributed by atoms with Crippen LogP contribution in [0.15, 0.2) is 12.1 Å². The first-order valence-corrected chi connectivity index (χ1v) is 6.07. The Morgan fingerprint density at radius 2 is 2.00 bits per heavy atom. The van der Waals surface area contributed by atoms with E-state index in [1.165, 1.54) is 9.75 Å². The van der Waals surface area contributed by atoms with Gasteiger partial charge in [0, 0.05) is 36.0 Å². The second-order valence-electron chi connectivity index (χ2n) is 3.59. The largest absolute Gasteiger partial charge is 0.396 e. The second-order valence-corrected chi connectivity index (χ2v) is 4.96. The van der Waals surface area contributed by atoms with Gasteiger partial charge in [-0.25, -0.2) is 0 Å². The fourth-order valence-corrected chi connectivity index (χ4v) is 2.43. The number of hydrogen-bond donors (Lipinski definition) is 2. The third kappa shape index (κ3) is 4.75. The van der Waals surface area contributed by atoms with E-state index in [-0.39, 0.29) is 13.2 Å². The maximum absolute atomic E-state index is 8.92. The minimum atomic E-state index is 0.176. The molecule has 4 heteroatoms. The van der Waals surface area contributed by atoms with Gasteiger partial charge in [-0.3, -0.25) is 4.90 Å². The maximum atomic E-state index is 8.92. The van der Waals surface area contributed by atoms with Gasteiger partial charge in [-0.1, -0.05) is 0 Å². The van der Waals surface area contributed by atoms with Crippen molar-refractivity contribution in [3.05, 3.63) is 21.9 Å². The molecular formula is C11H19NO2S. The number of aryl methyl sites for hydroxylation is 1. The molecule has 15 heavy (non-hydrogen) atoms. The topological polar surface area (TPSA) is 43.7 Å². The molecule has 0 unspecified atom stereocenters. The lowest BCUT2D eigenvalue weighted by atomic mass is 10.3. The maximum Gasteiger partial charge on any atom is 0.0558 e. The normalized spacial score (nSPS) is 11.2. The van der Waals surface area contributed by atoms with Crippen LogP contribution in [-0.2, 0) is 6.54 Å². The molecule has 0 aliphatic rings. The summed E-state index contributed by atoms with van der Waals surface area (Å²) in [6, 6.07) is 4.24. The van der Waals surface area contributed by atoms with E-state index in [4.69, 9.17) is 10.2 Å². The fourth-order valence-electron chi connectivity index (χ4n) is 1.50. The van der Waals surface area contributed by atoms with Crippen molar-refractivity contribution in [3.63, 3.8) is 0 Å². The van der Waals surface area contributed by atoms with Gasteiger partial charge in [0.1, 0.15) is 0 Å². The van der Waals surface area contributed by atoms with Crippen molar-refractivity contribution in [3.8, 4) is 0 Å². The Bertz CT molecular complexity index is 275. The Morgan fingerprint density at radius 1 is 1.20 bits per heavy atom. The minimum absolute atomic E-state index is 0.176. The van der Waals surface area contributed by atoms with E-state index in [0.29, 0.717) is 6.54 Å². The lowest BCUT2D eigenvalue weighted by Gasteiger charge is -2.19. The number of aliphatic hydroxyl groups excluding tert-OH is 2. The third-order valence-electron chi connectivity index (χ3n) is 2.22. The monoisotopic (exact) mass is 229 g/mol. The van der Waals surface area contributed by atoms with E-state index < -0.39 is 0 Å². The Balaban J connectivity index is 2.42. The molecule has 1 aromatic rings. The molecule has 3 nitrogen and oxygen atoms in total. The van der Waals surface area contributed by atoms with E-state index in [0.717, 1.165) is 19.5 Å². The van der Waals surface area contributed by atoms with Gasteiger partial charge in [0.05, 0.1) is 6.61 Å². The summed E-state index contributed by atoms with van der Waals surface area (Å²) in [6.07, 6.45) is 0.768. The summed E-state index contributed by atoms with van der Waals surface area (Å²) in [6.45, 7) is 4.88. The van der Waals surface area contributed by atoms with Crippen molar-refractivity contribution < 1.29 is 10.2 Å². The fraction of sp³-hybridized carbons (Fsp3) is 0.636. The Morgan fingerprint density at radius 3 is 2.53 bits per heavy atom. The lowest BCUT2D eigenvalue weighted by molar-refractivity contribution is 0.175.